The normalized spacial score (nSPS) is 30.8. The lowest BCUT2D eigenvalue weighted by atomic mass is 9.86. The molecule has 7 atom stereocenters. The Morgan fingerprint density at radius 2 is 0.891 bits per heavy atom. The van der Waals surface area contributed by atoms with Crippen molar-refractivity contribution in [1.82, 2.24) is 0 Å². The van der Waals surface area contributed by atoms with Crippen molar-refractivity contribution in [3.63, 3.8) is 0 Å². The van der Waals surface area contributed by atoms with Gasteiger partial charge in [0, 0.05) is 12.8 Å². The monoisotopic (exact) mass is 909 g/mol. The second-order valence-electron chi connectivity index (χ2n) is 14.7. The van der Waals surface area contributed by atoms with Crippen LogP contribution in [0.1, 0.15) is 205 Å². The Kier molecular flexibility index (Phi) is 45.3. The van der Waals surface area contributed by atoms with Gasteiger partial charge in [-0.1, -0.05) is 82.1 Å². The van der Waals surface area contributed by atoms with E-state index in [4.69, 9.17) is 72.7 Å². The molecule has 6 rings (SSSR count). The van der Waals surface area contributed by atoms with E-state index in [2.05, 4.69) is 0 Å². The average molecular weight is 913 g/mol. The lowest BCUT2D eigenvalue weighted by Gasteiger charge is -2.32. The number of ketones is 3. The molecule has 5 N–H and O–H groups in total. The molecule has 0 aromatic heterocycles. The SMILES string of the molecule is C.C.C.C.C.CC1(O)CCCCC1Cl.CC1(O)CCCCC1Cl.O=C1CCCCC1Cl.OC1=CCCCC1.[ClH2+].[OH+]=C1CCCCC1Cl.[OH+]=C1CCCCC1Cl. The zero-order chi connectivity index (χ0) is 36.9. The number of aliphatic hydroxyl groups is 3. The van der Waals surface area contributed by atoms with E-state index in [9.17, 15) is 15.0 Å². The minimum Gasteiger partial charge on any atom is -0.513 e. The van der Waals surface area contributed by atoms with Crippen molar-refractivity contribution in [3.8, 4) is 0 Å². The first-order valence-electron chi connectivity index (χ1n) is 18.7. The van der Waals surface area contributed by atoms with E-state index in [1.54, 1.807) is 0 Å². The molecule has 0 aromatic rings. The topological polar surface area (TPSA) is 121 Å². The molecule has 0 aliphatic heterocycles. The van der Waals surface area contributed by atoms with E-state index in [0.29, 0.717) is 23.7 Å². The van der Waals surface area contributed by atoms with Crippen LogP contribution in [0.15, 0.2) is 11.8 Å². The molecule has 12 heteroatoms. The third-order valence-electron chi connectivity index (χ3n) is 9.88. The van der Waals surface area contributed by atoms with Crippen LogP contribution in [0.4, 0.5) is 0 Å². The van der Waals surface area contributed by atoms with Gasteiger partial charge >= 0.3 is 11.6 Å². The van der Waals surface area contributed by atoms with Crippen molar-refractivity contribution in [1.29, 1.82) is 0 Å². The first-order chi connectivity index (χ1) is 23.1. The summed E-state index contributed by atoms with van der Waals surface area (Å²) in [6.45, 7) is 3.65. The van der Waals surface area contributed by atoms with Gasteiger partial charge in [-0.3, -0.25) is 14.4 Å². The van der Waals surface area contributed by atoms with Crippen molar-refractivity contribution in [2.24, 2.45) is 0 Å². The fourth-order valence-electron chi connectivity index (χ4n) is 6.22. The number of Topliss-reactive ketones (excluding diaryl/α,β-unsaturated/α-hetero) is 1. The quantitative estimate of drug-likeness (QED) is 0.166. The third kappa shape index (κ3) is 30.8. The molecule has 55 heavy (non-hydrogen) atoms. The minimum atomic E-state index is -0.597. The second kappa shape index (κ2) is 37.2. The molecule has 7 unspecified atom stereocenters. The van der Waals surface area contributed by atoms with Crippen LogP contribution in [0.5, 0.6) is 0 Å². The molecule has 0 saturated heterocycles. The van der Waals surface area contributed by atoms with Crippen molar-refractivity contribution in [2.75, 3.05) is 0 Å². The van der Waals surface area contributed by atoms with E-state index in [1.165, 1.54) is 25.7 Å². The van der Waals surface area contributed by atoms with E-state index in [-0.39, 0.29) is 82.2 Å². The Morgan fingerprint density at radius 3 is 1.07 bits per heavy atom. The number of hydrogen-bond acceptors (Lipinski definition) is 4. The van der Waals surface area contributed by atoms with Crippen LogP contribution in [-0.2, 0) is 4.79 Å². The summed E-state index contributed by atoms with van der Waals surface area (Å²) in [6, 6.07) is 0. The van der Waals surface area contributed by atoms with Crippen molar-refractivity contribution in [3.05, 3.63) is 11.8 Å². The fraction of sp³-hybridized carbons (Fsp3) is 0.884. The molecule has 334 valence electrons. The van der Waals surface area contributed by atoms with Gasteiger partial charge in [0.2, 0.25) is 0 Å². The molecule has 6 aliphatic carbocycles. The maximum atomic E-state index is 10.7. The summed E-state index contributed by atoms with van der Waals surface area (Å²) in [4.78, 5) is 28.6. The fourth-order valence-corrected chi connectivity index (χ4v) is 7.53. The van der Waals surface area contributed by atoms with Gasteiger partial charge in [0.25, 0.3) is 0 Å². The number of hydrogen-bond donors (Lipinski definition) is 3. The van der Waals surface area contributed by atoms with Crippen LogP contribution in [-0.4, -0.2) is 80.3 Å². The average Bonchev–Trinajstić information content (AvgIpc) is 3.06. The largest absolute Gasteiger partial charge is 0.513 e. The summed E-state index contributed by atoms with van der Waals surface area (Å²) in [5.41, 5.74) is -1.19. The molecule has 0 radical (unpaired) electrons. The number of rotatable bonds is 0. The summed E-state index contributed by atoms with van der Waals surface area (Å²) in [5.74, 6) is 1.79. The second-order valence-corrected chi connectivity index (χ2v) is 17.3. The minimum absolute atomic E-state index is 0. The van der Waals surface area contributed by atoms with Gasteiger partial charge in [0.1, 0.15) is 10.8 Å². The van der Waals surface area contributed by atoms with Crippen LogP contribution in [0.3, 0.4) is 0 Å². The highest BCUT2D eigenvalue weighted by atomic mass is 35.5. The van der Waals surface area contributed by atoms with E-state index >= 15 is 0 Å². The molecule has 5 fully saturated rings. The van der Waals surface area contributed by atoms with Crippen molar-refractivity contribution in [2.45, 2.75) is 243 Å². The summed E-state index contributed by atoms with van der Waals surface area (Å²) in [5, 5.41) is 27.5. The predicted molar refractivity (Wildman–Crippen MR) is 246 cm³/mol. The maximum absolute atomic E-state index is 10.7. The van der Waals surface area contributed by atoms with Crippen LogP contribution in [0.25, 0.3) is 0 Å². The highest BCUT2D eigenvalue weighted by Crippen LogP contribution is 2.32. The number of alkyl halides is 5. The lowest BCUT2D eigenvalue weighted by molar-refractivity contribution is -0.119. The highest BCUT2D eigenvalue weighted by Gasteiger charge is 2.33. The lowest BCUT2D eigenvalue weighted by Crippen LogP contribution is -2.38. The predicted octanol–water partition coefficient (Wildman–Crippen LogP) is 13.6. The van der Waals surface area contributed by atoms with Gasteiger partial charge in [0.15, 0.2) is 5.78 Å². The standard InChI is InChI=1S/2C7H13ClO.3C6H9ClO.C6H10O.5CH4.ClH2/c2*1-7(9)5-3-2-4-6(7)8;3*7-5-3-1-2-4-6(5)8;7-6-4-2-1-3-5-6;;;;;;/h2*6,9H,2-5H2,1H3;3*5H,1-4H2;4,7H,1-3,5H2;5*1H4;1H2/q;;;;;;;;;;;+1/p+2. The molecular formula is C43H87Cl6O6+3. The Bertz CT molecular complexity index is 905. The van der Waals surface area contributed by atoms with Gasteiger partial charge in [-0.25, -0.2) is 0 Å². The molecule has 0 bridgehead atoms. The number of aliphatic hydroxyl groups excluding tert-OH is 1. The van der Waals surface area contributed by atoms with Crippen LogP contribution >= 0.6 is 58.0 Å². The summed E-state index contributed by atoms with van der Waals surface area (Å²) >= 11 is 28.7. The van der Waals surface area contributed by atoms with E-state index < -0.39 is 11.2 Å². The van der Waals surface area contributed by atoms with E-state index in [1.807, 2.05) is 19.9 Å². The number of allylic oxidation sites excluding steroid dienone is 2. The Hall–Kier alpha value is 0.210. The zero-order valence-corrected chi connectivity index (χ0v) is 35.1. The first kappa shape index (κ1) is 67.0. The van der Waals surface area contributed by atoms with Crippen molar-refractivity contribution < 1.29 is 42.1 Å². The number of carbonyl (C=O) groups is 1. The van der Waals surface area contributed by atoms with Gasteiger partial charge in [0.05, 0.1) is 58.3 Å². The van der Waals surface area contributed by atoms with Crippen LogP contribution < -0.4 is 0 Å². The molecular weight excluding hydrogens is 825 g/mol. The van der Waals surface area contributed by atoms with Gasteiger partial charge in [-0.15, -0.1) is 58.0 Å². The summed E-state index contributed by atoms with van der Waals surface area (Å²) in [7, 11) is 0. The first-order valence-corrected chi connectivity index (χ1v) is 20.9. The van der Waals surface area contributed by atoms with Gasteiger partial charge in [-0.05, 0) is 103 Å². The molecule has 0 spiro atoms. The summed E-state index contributed by atoms with van der Waals surface area (Å²) < 4.78 is 0. The summed E-state index contributed by atoms with van der Waals surface area (Å²) in [6.07, 6.45) is 26.4. The van der Waals surface area contributed by atoms with Gasteiger partial charge < -0.3 is 15.3 Å². The van der Waals surface area contributed by atoms with Gasteiger partial charge in [-0.2, -0.15) is 0 Å². The van der Waals surface area contributed by atoms with Crippen LogP contribution in [0, 0.1) is 12.4 Å². The zero-order valence-electron chi connectivity index (χ0n) is 30.4. The maximum Gasteiger partial charge on any atom is 0.310 e. The molecule has 0 amide bonds. The molecule has 0 aromatic carbocycles. The molecule has 0 heterocycles. The molecule has 5 saturated carbocycles. The Balaban J connectivity index is -0.000000128. The molecule has 6 aliphatic rings. The third-order valence-corrected chi connectivity index (χ3v) is 12.7. The number of halogens is 6. The number of carbonyl (C=O) groups excluding carboxylic acids is 3. The van der Waals surface area contributed by atoms with Crippen molar-refractivity contribution >= 4 is 75.4 Å². The Morgan fingerprint density at radius 1 is 0.545 bits per heavy atom. The Labute approximate surface area is 370 Å². The smallest absolute Gasteiger partial charge is 0.310 e. The highest BCUT2D eigenvalue weighted by molar-refractivity contribution is 6.32. The van der Waals surface area contributed by atoms with E-state index in [0.717, 1.165) is 122 Å². The van der Waals surface area contributed by atoms with Crippen LogP contribution in [0.2, 0.25) is 0 Å². The molecule has 6 nitrogen and oxygen atoms in total.